The minimum Gasteiger partial charge on any atom is -1.00 e. The molecule has 0 amide bonds. The van der Waals surface area contributed by atoms with Crippen LogP contribution in [0.5, 0.6) is 0 Å². The van der Waals surface area contributed by atoms with Crippen molar-refractivity contribution in [3.05, 3.63) is 75.9 Å². The second-order valence-corrected chi connectivity index (χ2v) is 9.74. The molecule has 0 nitrogen and oxygen atoms in total. The molecule has 0 bridgehead atoms. The summed E-state index contributed by atoms with van der Waals surface area (Å²) in [6, 6.07) is 15.9. The largest absolute Gasteiger partial charge is 1.00 e. The maximum Gasteiger partial charge on any atom is -1.00 e. The number of benzene rings is 2. The van der Waals surface area contributed by atoms with Crippen LogP contribution in [0, 0.1) is 5.41 Å². The molecule has 0 fully saturated rings. The van der Waals surface area contributed by atoms with Gasteiger partial charge in [0.15, 0.2) is 0 Å². The molecule has 2 aromatic carbocycles. The van der Waals surface area contributed by atoms with Gasteiger partial charge in [0.25, 0.3) is 0 Å². The normalized spacial score (nSPS) is 19.7. The van der Waals surface area contributed by atoms with E-state index in [4.69, 9.17) is 0 Å². The molecule has 2 aliphatic rings. The second-order valence-electron chi connectivity index (χ2n) is 7.66. The summed E-state index contributed by atoms with van der Waals surface area (Å²) in [6.07, 6.45) is 0. The molecule has 0 N–H and O–H groups in total. The van der Waals surface area contributed by atoms with Gasteiger partial charge in [0.2, 0.25) is 0 Å². The Morgan fingerprint density at radius 3 is 1.96 bits per heavy atom. The van der Waals surface area contributed by atoms with Crippen LogP contribution < -0.4 is 48.0 Å². The Kier molecular flexibility index (Phi) is 6.88. The molecule has 0 heterocycles. The van der Waals surface area contributed by atoms with E-state index in [0.29, 0.717) is 3.67 Å². The third-order valence-corrected chi connectivity index (χ3v) is 8.44. The van der Waals surface area contributed by atoms with Crippen molar-refractivity contribution in [2.24, 2.45) is 5.41 Å². The summed E-state index contributed by atoms with van der Waals surface area (Å²) in [5.74, 6) is 0. The number of fused-ring (bicyclic) bond motifs is 3. The molecule has 0 aliphatic heterocycles. The topological polar surface area (TPSA) is 0 Å². The zero-order valence-electron chi connectivity index (χ0n) is 15.9. The van der Waals surface area contributed by atoms with E-state index >= 15 is 0 Å². The maximum absolute atomic E-state index is 2.39. The second kappa shape index (κ2) is 7.94. The summed E-state index contributed by atoms with van der Waals surface area (Å²) in [7, 11) is 0. The van der Waals surface area contributed by atoms with E-state index in [2.05, 4.69) is 77.1 Å². The Morgan fingerprint density at radius 2 is 1.35 bits per heavy atom. The van der Waals surface area contributed by atoms with Crippen molar-refractivity contribution in [3.63, 3.8) is 0 Å². The summed E-state index contributed by atoms with van der Waals surface area (Å²) in [4.78, 5) is 0. The van der Waals surface area contributed by atoms with Crippen LogP contribution in [-0.4, -0.2) is 0 Å². The number of rotatable bonds is 1. The fraction of sp³-hybridized carbons (Fsp3) is 0.304. The van der Waals surface area contributed by atoms with Gasteiger partial charge in [-0.05, 0) is 0 Å². The Balaban J connectivity index is 0.00000121. The van der Waals surface area contributed by atoms with Crippen molar-refractivity contribution in [3.8, 4) is 11.1 Å². The smallest absolute Gasteiger partial charge is 1.00 e. The molecule has 3 heteroatoms. The van der Waals surface area contributed by atoms with E-state index in [-0.39, 0.29) is 53.4 Å². The quantitative estimate of drug-likeness (QED) is 0.296. The molecule has 4 rings (SSSR count). The fourth-order valence-corrected chi connectivity index (χ4v) is 6.63. The zero-order valence-corrected chi connectivity index (χ0v) is 23.8. The van der Waals surface area contributed by atoms with Crippen LogP contribution in [0.15, 0.2) is 59.2 Å². The van der Waals surface area contributed by atoms with Gasteiger partial charge >= 0.3 is 161 Å². The molecular formula is C23H23HfI2. The average molecular weight is 732 g/mol. The van der Waals surface area contributed by atoms with Gasteiger partial charge in [0.05, 0.1) is 0 Å². The van der Waals surface area contributed by atoms with Crippen LogP contribution in [0.4, 0.5) is 0 Å². The summed E-state index contributed by atoms with van der Waals surface area (Å²) in [5.41, 5.74) is 13.7. The van der Waals surface area contributed by atoms with Gasteiger partial charge in [0, 0.05) is 0 Å². The predicted molar refractivity (Wildman–Crippen MR) is 98.5 cm³/mol. The fourth-order valence-electron chi connectivity index (χ4n) is 4.61. The van der Waals surface area contributed by atoms with Crippen LogP contribution in [0.1, 0.15) is 55.0 Å². The summed E-state index contributed by atoms with van der Waals surface area (Å²) in [5, 5.41) is 0. The standard InChI is InChI=1S/C23H23.Hf.2HI/c1-14-15(2)22(23(4,5)16(14)3)20-12-8-11-19-18-10-7-6-9-17(18)13-21(19)20;;;/h6-13H,1-5H3;;2*1H/q;+2;;/p-2. The van der Waals surface area contributed by atoms with E-state index in [1.54, 1.807) is 11.1 Å². The SMILES string of the molecule is CC1=C(C)C(C)(C)C(c2cccc3c2[CH]([Hf+2])c2ccccc2-3)=C1C.[I-].[I-]. The molecule has 0 radical (unpaired) electrons. The van der Waals surface area contributed by atoms with Gasteiger partial charge < -0.3 is 48.0 Å². The third kappa shape index (κ3) is 3.08. The first-order valence-electron chi connectivity index (χ1n) is 8.69. The molecule has 0 saturated carbocycles. The Labute approximate surface area is 206 Å². The molecule has 0 saturated heterocycles. The summed E-state index contributed by atoms with van der Waals surface area (Å²) >= 11 is 1.16. The van der Waals surface area contributed by atoms with Crippen molar-refractivity contribution in [2.75, 3.05) is 0 Å². The molecule has 26 heavy (non-hydrogen) atoms. The summed E-state index contributed by atoms with van der Waals surface area (Å²) in [6.45, 7) is 11.7. The molecule has 1 atom stereocenters. The van der Waals surface area contributed by atoms with E-state index in [1.807, 2.05) is 0 Å². The maximum atomic E-state index is 2.39. The van der Waals surface area contributed by atoms with E-state index < -0.39 is 0 Å². The van der Waals surface area contributed by atoms with Crippen molar-refractivity contribution in [2.45, 2.75) is 38.3 Å². The van der Waals surface area contributed by atoms with Crippen molar-refractivity contribution >= 4 is 5.57 Å². The first kappa shape index (κ1) is 22.5. The number of hydrogen-bond donors (Lipinski definition) is 0. The number of allylic oxidation sites excluding steroid dienone is 4. The zero-order chi connectivity index (χ0) is 17.2. The van der Waals surface area contributed by atoms with E-state index in [0.717, 1.165) is 24.4 Å². The molecule has 2 aliphatic carbocycles. The summed E-state index contributed by atoms with van der Waals surface area (Å²) < 4.78 is 0.602. The van der Waals surface area contributed by atoms with Crippen LogP contribution in [0.25, 0.3) is 16.7 Å². The minimum absolute atomic E-state index is 0. The molecule has 1 unspecified atom stereocenters. The van der Waals surface area contributed by atoms with E-state index in [1.165, 1.54) is 39.0 Å². The van der Waals surface area contributed by atoms with Crippen molar-refractivity contribution in [1.29, 1.82) is 0 Å². The third-order valence-electron chi connectivity index (χ3n) is 6.29. The van der Waals surface area contributed by atoms with Gasteiger partial charge in [-0.25, -0.2) is 0 Å². The van der Waals surface area contributed by atoms with Crippen LogP contribution >= 0.6 is 0 Å². The van der Waals surface area contributed by atoms with Gasteiger partial charge in [-0.2, -0.15) is 0 Å². The molecular weight excluding hydrogens is 709 g/mol. The minimum atomic E-state index is 0. The Hall–Kier alpha value is 0.250. The molecule has 0 spiro atoms. The van der Waals surface area contributed by atoms with E-state index in [9.17, 15) is 0 Å². The first-order chi connectivity index (χ1) is 11.4. The van der Waals surface area contributed by atoms with Crippen molar-refractivity contribution in [1.82, 2.24) is 0 Å². The van der Waals surface area contributed by atoms with Crippen LogP contribution in [0.3, 0.4) is 0 Å². The van der Waals surface area contributed by atoms with Gasteiger partial charge in [-0.1, -0.05) is 0 Å². The number of hydrogen-bond acceptors (Lipinski definition) is 0. The first-order valence-corrected chi connectivity index (χ1v) is 10.8. The van der Waals surface area contributed by atoms with Gasteiger partial charge in [0.1, 0.15) is 0 Å². The van der Waals surface area contributed by atoms with Crippen molar-refractivity contribution < 1.29 is 72.3 Å². The predicted octanol–water partition coefficient (Wildman–Crippen LogP) is 0.461. The average Bonchev–Trinajstić information content (AvgIpc) is 2.94. The van der Waals surface area contributed by atoms with Crippen LogP contribution in [0.2, 0.25) is 0 Å². The van der Waals surface area contributed by atoms with Gasteiger partial charge in [-0.15, -0.1) is 0 Å². The molecule has 0 aromatic heterocycles. The molecule has 133 valence electrons. The Morgan fingerprint density at radius 1 is 0.769 bits per heavy atom. The van der Waals surface area contributed by atoms with Gasteiger partial charge in [-0.3, -0.25) is 0 Å². The Bertz CT molecular complexity index is 935. The number of halogens is 2. The van der Waals surface area contributed by atoms with Crippen LogP contribution in [-0.2, 0) is 24.4 Å². The monoisotopic (exact) mass is 733 g/mol. The molecule has 2 aromatic rings.